The van der Waals surface area contributed by atoms with E-state index in [2.05, 4.69) is 15.8 Å². The zero-order valence-corrected chi connectivity index (χ0v) is 12.1. The Kier molecular flexibility index (Phi) is 5.47. The average Bonchev–Trinajstić information content (AvgIpc) is 2.35. The second-order valence-electron chi connectivity index (χ2n) is 4.51. The lowest BCUT2D eigenvalue weighted by Crippen LogP contribution is -2.51. The first-order chi connectivity index (χ1) is 9.94. The highest BCUT2D eigenvalue weighted by molar-refractivity contribution is 7.51. The standard InChI is InChI=1S/C11H14FO9P/c1-4(13)11(17)20-9-7(12)5(10(15)16)3-6(8(9)14)21-22(2,18)19/h3,6-9,13-14H,1H2,2H3,(H,15,16)(H,18,19). The number of rotatable bonds is 5. The molecule has 5 atom stereocenters. The van der Waals surface area contributed by atoms with Crippen LogP contribution >= 0.6 is 7.60 Å². The zero-order valence-electron chi connectivity index (χ0n) is 11.2. The summed E-state index contributed by atoms with van der Waals surface area (Å²) in [6.07, 6.45) is -7.57. The molecule has 1 rings (SSSR count). The fourth-order valence-corrected chi connectivity index (χ4v) is 2.37. The van der Waals surface area contributed by atoms with Crippen LogP contribution in [0.15, 0.2) is 24.0 Å². The first-order valence-corrected chi connectivity index (χ1v) is 7.81. The van der Waals surface area contributed by atoms with Crippen LogP contribution in [0.3, 0.4) is 0 Å². The molecule has 5 unspecified atom stereocenters. The molecule has 9 nitrogen and oxygen atoms in total. The summed E-state index contributed by atoms with van der Waals surface area (Å²) in [5.74, 6) is -4.31. The molecule has 0 aliphatic heterocycles. The molecule has 0 aromatic carbocycles. The predicted octanol–water partition coefficient (Wildman–Crippen LogP) is -0.106. The van der Waals surface area contributed by atoms with Gasteiger partial charge in [-0.2, -0.15) is 0 Å². The minimum atomic E-state index is -4.16. The molecule has 0 heterocycles. The highest BCUT2D eigenvalue weighted by Crippen LogP contribution is 2.41. The topological polar surface area (TPSA) is 151 Å². The number of alkyl halides is 1. The highest BCUT2D eigenvalue weighted by atomic mass is 31.2. The smallest absolute Gasteiger partial charge is 0.373 e. The fourth-order valence-electron chi connectivity index (χ4n) is 1.73. The largest absolute Gasteiger partial charge is 0.502 e. The Morgan fingerprint density at radius 2 is 1.95 bits per heavy atom. The Hall–Kier alpha value is -1.74. The van der Waals surface area contributed by atoms with Crippen molar-refractivity contribution < 1.29 is 48.0 Å². The summed E-state index contributed by atoms with van der Waals surface area (Å²) >= 11 is 0. The van der Waals surface area contributed by atoms with Gasteiger partial charge >= 0.3 is 19.5 Å². The molecule has 0 saturated carbocycles. The van der Waals surface area contributed by atoms with Gasteiger partial charge in [0.1, 0.15) is 12.2 Å². The zero-order chi connectivity index (χ0) is 17.2. The van der Waals surface area contributed by atoms with Gasteiger partial charge < -0.3 is 24.9 Å². The van der Waals surface area contributed by atoms with Gasteiger partial charge in [-0.25, -0.2) is 14.0 Å². The molecule has 0 amide bonds. The Morgan fingerprint density at radius 1 is 1.41 bits per heavy atom. The summed E-state index contributed by atoms with van der Waals surface area (Å²) in [4.78, 5) is 31.3. The van der Waals surface area contributed by atoms with Crippen LogP contribution in [0.4, 0.5) is 4.39 Å². The first-order valence-electron chi connectivity index (χ1n) is 5.78. The van der Waals surface area contributed by atoms with Gasteiger partial charge in [-0.05, 0) is 12.7 Å². The number of aliphatic hydroxyl groups is 2. The van der Waals surface area contributed by atoms with Crippen LogP contribution < -0.4 is 0 Å². The van der Waals surface area contributed by atoms with Gasteiger partial charge in [0.25, 0.3) is 0 Å². The van der Waals surface area contributed by atoms with Gasteiger partial charge in [-0.3, -0.25) is 9.09 Å². The molecule has 0 aromatic heterocycles. The van der Waals surface area contributed by atoms with Gasteiger partial charge in [-0.1, -0.05) is 0 Å². The van der Waals surface area contributed by atoms with Crippen molar-refractivity contribution in [3.63, 3.8) is 0 Å². The molecule has 1 aliphatic rings. The lowest BCUT2D eigenvalue weighted by Gasteiger charge is -2.34. The highest BCUT2D eigenvalue weighted by Gasteiger charge is 2.46. The molecule has 0 saturated heterocycles. The maximum Gasteiger partial charge on any atom is 0.373 e. The number of carboxylic acid groups (broad SMARTS) is 1. The number of hydrogen-bond acceptors (Lipinski definition) is 7. The van der Waals surface area contributed by atoms with E-state index in [-0.39, 0.29) is 0 Å². The molecule has 0 fully saturated rings. The van der Waals surface area contributed by atoms with Gasteiger partial charge in [0.05, 0.1) is 5.57 Å². The van der Waals surface area contributed by atoms with Crippen LogP contribution in [0.5, 0.6) is 0 Å². The van der Waals surface area contributed by atoms with E-state index < -0.39 is 55.4 Å². The van der Waals surface area contributed by atoms with Crippen LogP contribution in [-0.4, -0.2) is 63.3 Å². The third kappa shape index (κ3) is 4.38. The lowest BCUT2D eigenvalue weighted by atomic mass is 9.90. The van der Waals surface area contributed by atoms with E-state index in [4.69, 9.17) is 15.1 Å². The van der Waals surface area contributed by atoms with E-state index in [0.29, 0.717) is 6.08 Å². The maximum atomic E-state index is 14.1. The number of ether oxygens (including phenoxy) is 1. The number of carbonyl (C=O) groups is 2. The van der Waals surface area contributed by atoms with Gasteiger partial charge in [-0.15, -0.1) is 0 Å². The van der Waals surface area contributed by atoms with Crippen LogP contribution in [-0.2, 0) is 23.4 Å². The predicted molar refractivity (Wildman–Crippen MR) is 68.9 cm³/mol. The minimum absolute atomic E-state index is 0.613. The summed E-state index contributed by atoms with van der Waals surface area (Å²) in [7, 11) is -4.16. The Labute approximate surface area is 123 Å². The van der Waals surface area contributed by atoms with E-state index >= 15 is 0 Å². The van der Waals surface area contributed by atoms with Crippen molar-refractivity contribution in [3.05, 3.63) is 24.0 Å². The molecule has 124 valence electrons. The number of halogens is 1. The lowest BCUT2D eigenvalue weighted by molar-refractivity contribution is -0.164. The van der Waals surface area contributed by atoms with E-state index in [1.807, 2.05) is 0 Å². The number of aliphatic carboxylic acids is 1. The van der Waals surface area contributed by atoms with Crippen molar-refractivity contribution in [2.75, 3.05) is 6.66 Å². The molecule has 1 aliphatic carbocycles. The van der Waals surface area contributed by atoms with Crippen molar-refractivity contribution in [1.29, 1.82) is 0 Å². The van der Waals surface area contributed by atoms with Crippen molar-refractivity contribution >= 4 is 19.5 Å². The van der Waals surface area contributed by atoms with E-state index in [9.17, 15) is 23.7 Å². The molecule has 22 heavy (non-hydrogen) atoms. The fraction of sp³-hybridized carbons (Fsp3) is 0.455. The molecular weight excluding hydrogens is 326 g/mol. The molecule has 0 spiro atoms. The van der Waals surface area contributed by atoms with E-state index in [1.165, 1.54) is 0 Å². The number of carbonyl (C=O) groups excluding carboxylic acids is 1. The van der Waals surface area contributed by atoms with E-state index in [1.54, 1.807) is 0 Å². The first kappa shape index (κ1) is 18.3. The average molecular weight is 340 g/mol. The molecule has 0 bridgehead atoms. The molecule has 0 aromatic rings. The number of hydrogen-bond donors (Lipinski definition) is 4. The summed E-state index contributed by atoms with van der Waals surface area (Å²) in [6, 6.07) is 0. The quantitative estimate of drug-likeness (QED) is 0.233. The Bertz CT molecular complexity index is 566. The number of esters is 1. The van der Waals surface area contributed by atoms with Crippen molar-refractivity contribution in [2.24, 2.45) is 0 Å². The second-order valence-corrected chi connectivity index (χ2v) is 6.33. The Balaban J connectivity index is 3.15. The minimum Gasteiger partial charge on any atom is -0.502 e. The summed E-state index contributed by atoms with van der Waals surface area (Å²) in [5.41, 5.74) is -0.926. The van der Waals surface area contributed by atoms with Crippen molar-refractivity contribution in [3.8, 4) is 0 Å². The van der Waals surface area contributed by atoms with Crippen LogP contribution in [0.25, 0.3) is 0 Å². The van der Waals surface area contributed by atoms with Crippen LogP contribution in [0.2, 0.25) is 0 Å². The van der Waals surface area contributed by atoms with E-state index in [0.717, 1.165) is 6.66 Å². The van der Waals surface area contributed by atoms with Gasteiger partial charge in [0.15, 0.2) is 18.0 Å². The Morgan fingerprint density at radius 3 is 2.36 bits per heavy atom. The molecule has 4 N–H and O–H groups in total. The maximum absolute atomic E-state index is 14.1. The van der Waals surface area contributed by atoms with Crippen molar-refractivity contribution in [2.45, 2.75) is 24.5 Å². The van der Waals surface area contributed by atoms with Crippen LogP contribution in [0.1, 0.15) is 0 Å². The molecule has 0 radical (unpaired) electrons. The van der Waals surface area contributed by atoms with Crippen molar-refractivity contribution in [1.82, 2.24) is 0 Å². The molecule has 11 heteroatoms. The monoisotopic (exact) mass is 340 g/mol. The third-order valence-corrected chi connectivity index (χ3v) is 3.28. The summed E-state index contributed by atoms with van der Waals surface area (Å²) < 4.78 is 34.3. The normalized spacial score (nSPS) is 30.8. The van der Waals surface area contributed by atoms with Crippen LogP contribution in [0, 0.1) is 0 Å². The van der Waals surface area contributed by atoms with Gasteiger partial charge in [0, 0.05) is 6.66 Å². The molecular formula is C11H14FO9P. The number of aliphatic hydroxyl groups excluding tert-OH is 2. The summed E-state index contributed by atoms with van der Waals surface area (Å²) in [6.45, 7) is 3.60. The number of carboxylic acids is 1. The second kappa shape index (κ2) is 6.57. The SMILES string of the molecule is C=C(O)C(=O)OC1C(F)C(C(=O)O)=CC(OP(C)(=O)O)C1O. The van der Waals surface area contributed by atoms with Gasteiger partial charge in [0.2, 0.25) is 0 Å². The third-order valence-electron chi connectivity index (χ3n) is 2.65. The summed E-state index contributed by atoms with van der Waals surface area (Å²) in [5, 5.41) is 27.6.